The molecule has 14 heavy (non-hydrogen) atoms. The minimum absolute atomic E-state index is 0.439. The van der Waals surface area contributed by atoms with Gasteiger partial charge in [-0.25, -0.2) is 4.98 Å². The molecular formula is C9H12N2O2S. The van der Waals surface area contributed by atoms with Gasteiger partial charge in [-0.2, -0.15) is 0 Å². The zero-order valence-electron chi connectivity index (χ0n) is 8.10. The van der Waals surface area contributed by atoms with Crippen LogP contribution in [0.3, 0.4) is 0 Å². The third-order valence-electron chi connectivity index (χ3n) is 1.74. The molecule has 5 heteroatoms. The summed E-state index contributed by atoms with van der Waals surface area (Å²) >= 11 is 1.25. The summed E-state index contributed by atoms with van der Waals surface area (Å²) in [6, 6.07) is 0. The molecule has 0 aliphatic carbocycles. The molecule has 0 radical (unpaired) electrons. The molecule has 76 valence electrons. The lowest BCUT2D eigenvalue weighted by molar-refractivity contribution is -0.136. The van der Waals surface area contributed by atoms with Gasteiger partial charge in [-0.3, -0.25) is 9.78 Å². The van der Waals surface area contributed by atoms with Gasteiger partial charge in [0.05, 0.1) is 5.69 Å². The van der Waals surface area contributed by atoms with Gasteiger partial charge in [0.15, 0.2) is 0 Å². The number of carboxylic acids is 1. The van der Waals surface area contributed by atoms with E-state index < -0.39 is 11.2 Å². The summed E-state index contributed by atoms with van der Waals surface area (Å²) in [7, 11) is 0. The van der Waals surface area contributed by atoms with E-state index in [0.29, 0.717) is 11.4 Å². The lowest BCUT2D eigenvalue weighted by atomic mass is 10.3. The summed E-state index contributed by atoms with van der Waals surface area (Å²) in [5.74, 6) is -0.803. The Hall–Kier alpha value is -1.10. The number of aliphatic carboxylic acids is 1. The van der Waals surface area contributed by atoms with Gasteiger partial charge in [0.25, 0.3) is 0 Å². The normalized spacial score (nSPS) is 12.4. The first-order chi connectivity index (χ1) is 6.65. The lowest BCUT2D eigenvalue weighted by Crippen LogP contribution is -2.15. The number of aromatic nitrogens is 2. The Kier molecular flexibility index (Phi) is 3.88. The first kappa shape index (κ1) is 11.0. The van der Waals surface area contributed by atoms with Gasteiger partial charge >= 0.3 is 5.97 Å². The van der Waals surface area contributed by atoms with Crippen LogP contribution in [0, 0.1) is 6.92 Å². The summed E-state index contributed by atoms with van der Waals surface area (Å²) in [6.45, 7) is 3.67. The van der Waals surface area contributed by atoms with Crippen LogP contribution in [-0.4, -0.2) is 26.3 Å². The zero-order valence-corrected chi connectivity index (χ0v) is 8.91. The molecule has 0 aromatic carbocycles. The molecule has 0 fully saturated rings. The van der Waals surface area contributed by atoms with E-state index >= 15 is 0 Å². The predicted octanol–water partition coefficient (Wildman–Crippen LogP) is 1.74. The van der Waals surface area contributed by atoms with Crippen molar-refractivity contribution in [2.24, 2.45) is 0 Å². The third kappa shape index (κ3) is 2.70. The van der Waals surface area contributed by atoms with Crippen LogP contribution in [-0.2, 0) is 4.79 Å². The van der Waals surface area contributed by atoms with E-state index in [1.807, 2.05) is 13.8 Å². The number of rotatable bonds is 4. The summed E-state index contributed by atoms with van der Waals surface area (Å²) in [4.78, 5) is 18.9. The molecule has 1 heterocycles. The number of thioether (sulfide) groups is 1. The molecule has 0 aliphatic rings. The molecule has 1 N–H and O–H groups in total. The van der Waals surface area contributed by atoms with E-state index in [9.17, 15) is 4.79 Å². The lowest BCUT2D eigenvalue weighted by Gasteiger charge is -2.09. The molecule has 0 saturated heterocycles. The van der Waals surface area contributed by atoms with Gasteiger partial charge < -0.3 is 5.11 Å². The zero-order chi connectivity index (χ0) is 10.6. The topological polar surface area (TPSA) is 63.1 Å². The Morgan fingerprint density at radius 2 is 2.21 bits per heavy atom. The van der Waals surface area contributed by atoms with Crippen molar-refractivity contribution in [2.75, 3.05) is 0 Å². The highest BCUT2D eigenvalue weighted by atomic mass is 32.2. The van der Waals surface area contributed by atoms with Crippen molar-refractivity contribution in [2.45, 2.75) is 30.5 Å². The fourth-order valence-electron chi connectivity index (χ4n) is 0.954. The average molecular weight is 212 g/mol. The van der Waals surface area contributed by atoms with Crippen molar-refractivity contribution in [3.63, 3.8) is 0 Å². The van der Waals surface area contributed by atoms with Crippen LogP contribution in [0.5, 0.6) is 0 Å². The second-order valence-corrected chi connectivity index (χ2v) is 3.99. The smallest absolute Gasteiger partial charge is 0.317 e. The van der Waals surface area contributed by atoms with Crippen LogP contribution in [0.1, 0.15) is 19.0 Å². The Bertz CT molecular complexity index is 330. The summed E-state index contributed by atoms with van der Waals surface area (Å²) in [6.07, 6.45) is 3.75. The Labute approximate surface area is 86.8 Å². The molecule has 4 nitrogen and oxygen atoms in total. The van der Waals surface area contributed by atoms with E-state index in [2.05, 4.69) is 9.97 Å². The van der Waals surface area contributed by atoms with Crippen molar-refractivity contribution in [3.05, 3.63) is 18.1 Å². The summed E-state index contributed by atoms with van der Waals surface area (Å²) < 4.78 is 0. The van der Waals surface area contributed by atoms with Crippen LogP contribution in [0.2, 0.25) is 0 Å². The molecule has 0 spiro atoms. The maximum atomic E-state index is 10.8. The number of hydrogen-bond donors (Lipinski definition) is 1. The molecule has 0 bridgehead atoms. The monoisotopic (exact) mass is 212 g/mol. The van der Waals surface area contributed by atoms with E-state index in [-0.39, 0.29) is 0 Å². The highest BCUT2D eigenvalue weighted by molar-refractivity contribution is 8.00. The largest absolute Gasteiger partial charge is 0.480 e. The Balaban J connectivity index is 2.77. The number of carbonyl (C=O) groups is 1. The van der Waals surface area contributed by atoms with E-state index in [1.165, 1.54) is 11.8 Å². The molecule has 1 aromatic rings. The first-order valence-corrected chi connectivity index (χ1v) is 5.20. The minimum atomic E-state index is -0.803. The van der Waals surface area contributed by atoms with Crippen molar-refractivity contribution in [3.8, 4) is 0 Å². The number of hydrogen-bond acceptors (Lipinski definition) is 4. The fraction of sp³-hybridized carbons (Fsp3) is 0.444. The van der Waals surface area contributed by atoms with Crippen LogP contribution in [0.15, 0.2) is 17.4 Å². The van der Waals surface area contributed by atoms with E-state index in [1.54, 1.807) is 12.4 Å². The standard InChI is InChI=1S/C9H12N2O2S/c1-3-7(9(12)13)14-8-6(2)10-4-5-11-8/h4-5,7H,3H2,1-2H3,(H,12,13). The second-order valence-electron chi connectivity index (χ2n) is 2.80. The number of nitrogens with zero attached hydrogens (tertiary/aromatic N) is 2. The van der Waals surface area contributed by atoms with E-state index in [4.69, 9.17) is 5.11 Å². The van der Waals surface area contributed by atoms with Gasteiger partial charge in [0.1, 0.15) is 10.3 Å². The van der Waals surface area contributed by atoms with Crippen LogP contribution in [0.4, 0.5) is 0 Å². The van der Waals surface area contributed by atoms with Gasteiger partial charge in [-0.1, -0.05) is 18.7 Å². The van der Waals surface area contributed by atoms with Gasteiger partial charge in [-0.15, -0.1) is 0 Å². The minimum Gasteiger partial charge on any atom is -0.480 e. The van der Waals surface area contributed by atoms with E-state index in [0.717, 1.165) is 5.69 Å². The van der Waals surface area contributed by atoms with Crippen molar-refractivity contribution in [1.29, 1.82) is 0 Å². The Morgan fingerprint density at radius 1 is 1.57 bits per heavy atom. The molecule has 0 saturated carbocycles. The molecule has 0 aliphatic heterocycles. The number of carboxylic acid groups (broad SMARTS) is 1. The van der Waals surface area contributed by atoms with Crippen molar-refractivity contribution >= 4 is 17.7 Å². The van der Waals surface area contributed by atoms with Crippen LogP contribution < -0.4 is 0 Å². The SMILES string of the molecule is CCC(Sc1nccnc1C)C(=O)O. The number of aryl methyl sites for hydroxylation is 1. The average Bonchev–Trinajstić information content (AvgIpc) is 2.16. The predicted molar refractivity (Wildman–Crippen MR) is 54.3 cm³/mol. The quantitative estimate of drug-likeness (QED) is 0.770. The molecular weight excluding hydrogens is 200 g/mol. The molecule has 1 rings (SSSR count). The maximum absolute atomic E-state index is 10.8. The van der Waals surface area contributed by atoms with Gasteiger partial charge in [0, 0.05) is 12.4 Å². The third-order valence-corrected chi connectivity index (χ3v) is 3.18. The molecule has 1 unspecified atom stereocenters. The Morgan fingerprint density at radius 3 is 2.71 bits per heavy atom. The molecule has 1 atom stereocenters. The highest BCUT2D eigenvalue weighted by Crippen LogP contribution is 2.25. The maximum Gasteiger partial charge on any atom is 0.317 e. The van der Waals surface area contributed by atoms with Crippen molar-refractivity contribution in [1.82, 2.24) is 9.97 Å². The van der Waals surface area contributed by atoms with Crippen molar-refractivity contribution < 1.29 is 9.90 Å². The van der Waals surface area contributed by atoms with Gasteiger partial charge in [-0.05, 0) is 13.3 Å². The highest BCUT2D eigenvalue weighted by Gasteiger charge is 2.18. The van der Waals surface area contributed by atoms with Crippen LogP contribution >= 0.6 is 11.8 Å². The molecule has 0 amide bonds. The fourth-order valence-corrected chi connectivity index (χ4v) is 1.84. The second kappa shape index (κ2) is 4.95. The summed E-state index contributed by atoms with van der Waals surface area (Å²) in [5.41, 5.74) is 0.775. The first-order valence-electron chi connectivity index (χ1n) is 4.32. The van der Waals surface area contributed by atoms with Gasteiger partial charge in [0.2, 0.25) is 0 Å². The molecule has 1 aromatic heterocycles. The van der Waals surface area contributed by atoms with Crippen LogP contribution in [0.25, 0.3) is 0 Å². The summed E-state index contributed by atoms with van der Waals surface area (Å²) in [5, 5.41) is 9.11.